The second kappa shape index (κ2) is 7.49. The Morgan fingerprint density at radius 1 is 1.20 bits per heavy atom. The Morgan fingerprint density at radius 3 is 2.68 bits per heavy atom. The lowest BCUT2D eigenvalue weighted by Crippen LogP contribution is -2.31. The zero-order valence-electron chi connectivity index (χ0n) is 14.5. The van der Waals surface area contributed by atoms with Crippen LogP contribution in [0.4, 0.5) is 5.69 Å². The van der Waals surface area contributed by atoms with Crippen LogP contribution in [0.25, 0.3) is 0 Å². The summed E-state index contributed by atoms with van der Waals surface area (Å²) < 4.78 is 5.55. The maximum atomic E-state index is 12.4. The van der Waals surface area contributed by atoms with Gasteiger partial charge >= 0.3 is 0 Å². The predicted molar refractivity (Wildman–Crippen MR) is 96.8 cm³/mol. The fraction of sp³-hybridized carbons (Fsp3) is 0.300. The average Bonchev–Trinajstić information content (AvgIpc) is 2.61. The van der Waals surface area contributed by atoms with Gasteiger partial charge in [0.15, 0.2) is 0 Å². The standard InChI is InChI=1S/C20H22N2O3/c1-13(2)25-12-14-3-5-16(6-4-14)19(23)22-17-8-7-15-9-10-21-20(24)18(15)11-17/h3-8,11,13H,9-10,12H2,1-2H3,(H,21,24)(H,22,23). The van der Waals surface area contributed by atoms with E-state index in [1.807, 2.05) is 38.1 Å². The first-order valence-corrected chi connectivity index (χ1v) is 8.46. The molecule has 2 N–H and O–H groups in total. The SMILES string of the molecule is CC(C)OCc1ccc(C(=O)Nc2ccc3c(c2)C(=O)NCC3)cc1. The molecule has 25 heavy (non-hydrogen) atoms. The van der Waals surface area contributed by atoms with Crippen molar-refractivity contribution in [1.29, 1.82) is 0 Å². The summed E-state index contributed by atoms with van der Waals surface area (Å²) in [5.74, 6) is -0.292. The molecular weight excluding hydrogens is 316 g/mol. The fourth-order valence-corrected chi connectivity index (χ4v) is 2.71. The lowest BCUT2D eigenvalue weighted by atomic mass is 10.00. The summed E-state index contributed by atoms with van der Waals surface area (Å²) in [4.78, 5) is 24.3. The number of rotatable bonds is 5. The molecule has 0 bridgehead atoms. The van der Waals surface area contributed by atoms with Crippen molar-refractivity contribution >= 4 is 17.5 Å². The van der Waals surface area contributed by atoms with Gasteiger partial charge in [0.2, 0.25) is 0 Å². The molecule has 2 aromatic rings. The Balaban J connectivity index is 1.68. The lowest BCUT2D eigenvalue weighted by molar-refractivity contribution is 0.0657. The molecule has 0 saturated heterocycles. The van der Waals surface area contributed by atoms with E-state index in [1.165, 1.54) is 0 Å². The number of carbonyl (C=O) groups is 2. The Hall–Kier alpha value is -2.66. The van der Waals surface area contributed by atoms with E-state index in [-0.39, 0.29) is 17.9 Å². The summed E-state index contributed by atoms with van der Waals surface area (Å²) in [5.41, 5.74) is 3.85. The van der Waals surface area contributed by atoms with Crippen molar-refractivity contribution < 1.29 is 14.3 Å². The highest BCUT2D eigenvalue weighted by atomic mass is 16.5. The van der Waals surface area contributed by atoms with Crippen LogP contribution in [0, 0.1) is 0 Å². The van der Waals surface area contributed by atoms with Gasteiger partial charge in [-0.05, 0) is 55.7 Å². The van der Waals surface area contributed by atoms with Gasteiger partial charge in [0, 0.05) is 23.4 Å². The molecule has 1 heterocycles. The maximum absolute atomic E-state index is 12.4. The summed E-state index contributed by atoms with van der Waals surface area (Å²) in [6.45, 7) is 5.16. The molecule has 5 heteroatoms. The van der Waals surface area contributed by atoms with Gasteiger partial charge < -0.3 is 15.4 Å². The molecule has 0 fully saturated rings. The number of hydrogen-bond donors (Lipinski definition) is 2. The van der Waals surface area contributed by atoms with Crippen molar-refractivity contribution in [2.75, 3.05) is 11.9 Å². The normalized spacial score (nSPS) is 13.3. The molecule has 0 aliphatic carbocycles. The third-order valence-electron chi connectivity index (χ3n) is 4.09. The summed E-state index contributed by atoms with van der Waals surface area (Å²) in [5, 5.41) is 5.66. The van der Waals surface area contributed by atoms with Crippen molar-refractivity contribution in [3.63, 3.8) is 0 Å². The minimum Gasteiger partial charge on any atom is -0.374 e. The van der Waals surface area contributed by atoms with E-state index in [9.17, 15) is 9.59 Å². The van der Waals surface area contributed by atoms with E-state index in [2.05, 4.69) is 10.6 Å². The van der Waals surface area contributed by atoms with Crippen LogP contribution in [0.5, 0.6) is 0 Å². The largest absolute Gasteiger partial charge is 0.374 e. The van der Waals surface area contributed by atoms with Crippen LogP contribution in [0.1, 0.15) is 45.7 Å². The summed E-state index contributed by atoms with van der Waals surface area (Å²) in [6.07, 6.45) is 0.985. The predicted octanol–water partition coefficient (Wildman–Crippen LogP) is 3.15. The molecule has 0 unspecified atom stereocenters. The summed E-state index contributed by atoms with van der Waals surface area (Å²) >= 11 is 0. The molecule has 0 aromatic heterocycles. The van der Waals surface area contributed by atoms with Gasteiger partial charge in [0.1, 0.15) is 0 Å². The van der Waals surface area contributed by atoms with E-state index in [0.29, 0.717) is 30.0 Å². The second-order valence-corrected chi connectivity index (χ2v) is 6.39. The van der Waals surface area contributed by atoms with Crippen LogP contribution in [-0.4, -0.2) is 24.5 Å². The number of ether oxygens (including phenoxy) is 1. The Bertz CT molecular complexity index is 782. The molecule has 2 amide bonds. The second-order valence-electron chi connectivity index (χ2n) is 6.39. The molecule has 130 valence electrons. The minimum absolute atomic E-state index is 0.0909. The van der Waals surface area contributed by atoms with E-state index in [4.69, 9.17) is 4.74 Å². The number of hydrogen-bond acceptors (Lipinski definition) is 3. The fourth-order valence-electron chi connectivity index (χ4n) is 2.71. The van der Waals surface area contributed by atoms with Crippen LogP contribution in [0.3, 0.4) is 0 Å². The molecule has 0 atom stereocenters. The van der Waals surface area contributed by atoms with Crippen molar-refractivity contribution in [3.05, 3.63) is 64.7 Å². The molecule has 2 aromatic carbocycles. The van der Waals surface area contributed by atoms with E-state index in [1.54, 1.807) is 18.2 Å². The van der Waals surface area contributed by atoms with Gasteiger partial charge in [0.05, 0.1) is 12.7 Å². The van der Waals surface area contributed by atoms with Crippen molar-refractivity contribution in [1.82, 2.24) is 5.32 Å². The highest BCUT2D eigenvalue weighted by Gasteiger charge is 2.17. The monoisotopic (exact) mass is 338 g/mol. The molecule has 1 aliphatic heterocycles. The first-order valence-electron chi connectivity index (χ1n) is 8.46. The molecule has 0 saturated carbocycles. The van der Waals surface area contributed by atoms with Crippen molar-refractivity contribution in [3.8, 4) is 0 Å². The minimum atomic E-state index is -0.201. The molecule has 3 rings (SSSR count). The Labute approximate surface area is 147 Å². The van der Waals surface area contributed by atoms with Gasteiger partial charge in [-0.25, -0.2) is 0 Å². The molecular formula is C20H22N2O3. The van der Waals surface area contributed by atoms with E-state index in [0.717, 1.165) is 17.5 Å². The number of carbonyl (C=O) groups excluding carboxylic acids is 2. The van der Waals surface area contributed by atoms with E-state index < -0.39 is 0 Å². The number of fused-ring (bicyclic) bond motifs is 1. The molecule has 0 radical (unpaired) electrons. The maximum Gasteiger partial charge on any atom is 0.255 e. The third kappa shape index (κ3) is 4.25. The molecule has 5 nitrogen and oxygen atoms in total. The highest BCUT2D eigenvalue weighted by Crippen LogP contribution is 2.20. The Morgan fingerprint density at radius 2 is 1.96 bits per heavy atom. The van der Waals surface area contributed by atoms with Crippen LogP contribution in [0.15, 0.2) is 42.5 Å². The van der Waals surface area contributed by atoms with Gasteiger partial charge in [-0.1, -0.05) is 18.2 Å². The van der Waals surface area contributed by atoms with Crippen LogP contribution in [-0.2, 0) is 17.8 Å². The van der Waals surface area contributed by atoms with Gasteiger partial charge in [-0.2, -0.15) is 0 Å². The lowest BCUT2D eigenvalue weighted by Gasteiger charge is -2.17. The van der Waals surface area contributed by atoms with E-state index >= 15 is 0 Å². The van der Waals surface area contributed by atoms with Crippen LogP contribution >= 0.6 is 0 Å². The first kappa shape index (κ1) is 17.2. The first-order chi connectivity index (χ1) is 12.0. The quantitative estimate of drug-likeness (QED) is 0.880. The number of anilines is 1. The number of benzene rings is 2. The highest BCUT2D eigenvalue weighted by molar-refractivity contribution is 6.05. The summed E-state index contributed by atoms with van der Waals surface area (Å²) in [6, 6.07) is 12.8. The van der Waals surface area contributed by atoms with Crippen molar-refractivity contribution in [2.45, 2.75) is 33.0 Å². The van der Waals surface area contributed by atoms with Gasteiger partial charge in [-0.15, -0.1) is 0 Å². The topological polar surface area (TPSA) is 67.4 Å². The van der Waals surface area contributed by atoms with Gasteiger partial charge in [-0.3, -0.25) is 9.59 Å². The smallest absolute Gasteiger partial charge is 0.255 e. The number of nitrogens with one attached hydrogen (secondary N) is 2. The third-order valence-corrected chi connectivity index (χ3v) is 4.09. The number of amides is 2. The summed E-state index contributed by atoms with van der Waals surface area (Å²) in [7, 11) is 0. The van der Waals surface area contributed by atoms with Crippen LogP contribution < -0.4 is 10.6 Å². The zero-order chi connectivity index (χ0) is 17.8. The zero-order valence-corrected chi connectivity index (χ0v) is 14.5. The van der Waals surface area contributed by atoms with Gasteiger partial charge in [0.25, 0.3) is 11.8 Å². The average molecular weight is 338 g/mol. The molecule has 0 spiro atoms. The van der Waals surface area contributed by atoms with Crippen molar-refractivity contribution in [2.24, 2.45) is 0 Å². The Kier molecular flexibility index (Phi) is 5.14. The molecule has 1 aliphatic rings. The van der Waals surface area contributed by atoms with Crippen LogP contribution in [0.2, 0.25) is 0 Å².